The van der Waals surface area contributed by atoms with Crippen molar-refractivity contribution in [1.82, 2.24) is 4.57 Å². The second-order valence-corrected chi connectivity index (χ2v) is 21.2. The minimum atomic E-state index is -0.109. The molecule has 282 valence electrons. The van der Waals surface area contributed by atoms with Crippen LogP contribution in [-0.2, 0) is 23.3 Å². The second-order valence-electron chi connectivity index (χ2n) is 21.2. The van der Waals surface area contributed by atoms with E-state index < -0.39 is 0 Å². The molecule has 9 aliphatic carbocycles. The summed E-state index contributed by atoms with van der Waals surface area (Å²) in [5.74, 6) is 5.75. The zero-order valence-electron chi connectivity index (χ0n) is 33.7. The minimum absolute atomic E-state index is 0.109. The van der Waals surface area contributed by atoms with Crippen LogP contribution in [-0.4, -0.2) is 4.57 Å². The molecule has 0 spiro atoms. The Morgan fingerprint density at radius 3 is 1.45 bits per heavy atom. The molecule has 56 heavy (non-hydrogen) atoms. The molecule has 5 aromatic carbocycles. The molecule has 2 nitrogen and oxygen atoms in total. The minimum Gasteiger partial charge on any atom is -0.344 e. The molecule has 0 radical (unpaired) electrons. The molecule has 0 unspecified atom stereocenters. The Hall–Kier alpha value is -4.30. The van der Waals surface area contributed by atoms with Gasteiger partial charge in [0.15, 0.2) is 0 Å². The molecule has 6 aromatic rings. The highest BCUT2D eigenvalue weighted by molar-refractivity contribution is 6.10. The topological polar surface area (TPSA) is 8.17 Å². The summed E-state index contributed by atoms with van der Waals surface area (Å²) < 4.78 is 2.39. The number of aromatic nitrogens is 1. The van der Waals surface area contributed by atoms with E-state index in [1.54, 1.807) is 11.1 Å². The van der Waals surface area contributed by atoms with E-state index in [4.69, 9.17) is 0 Å². The van der Waals surface area contributed by atoms with E-state index >= 15 is 0 Å². The quantitative estimate of drug-likeness (QED) is 0.171. The molecule has 0 N–H and O–H groups in total. The third kappa shape index (κ3) is 4.51. The van der Waals surface area contributed by atoms with Crippen LogP contribution in [0.25, 0.3) is 32.9 Å². The van der Waals surface area contributed by atoms with Crippen molar-refractivity contribution < 1.29 is 0 Å². The highest BCUT2D eigenvalue weighted by atomic mass is 15.1. The van der Waals surface area contributed by atoms with Crippen molar-refractivity contribution in [3.8, 4) is 11.1 Å². The number of fused-ring (bicyclic) bond motifs is 6. The number of benzene rings is 5. The van der Waals surface area contributed by atoms with E-state index in [0.29, 0.717) is 10.8 Å². The summed E-state index contributed by atoms with van der Waals surface area (Å²) in [6, 6.07) is 41.4. The van der Waals surface area contributed by atoms with Crippen LogP contribution >= 0.6 is 0 Å². The maximum absolute atomic E-state index is 2.58. The summed E-state index contributed by atoms with van der Waals surface area (Å²) in [4.78, 5) is 2.58. The summed E-state index contributed by atoms with van der Waals surface area (Å²) in [7, 11) is 2.23. The average molecular weight is 733 g/mol. The number of rotatable bonds is 5. The number of hydrogen-bond acceptors (Lipinski definition) is 1. The molecule has 2 heteroatoms. The van der Waals surface area contributed by atoms with Crippen molar-refractivity contribution in [3.63, 3.8) is 0 Å². The van der Waals surface area contributed by atoms with E-state index in [0.717, 1.165) is 35.5 Å². The lowest BCUT2D eigenvalue weighted by molar-refractivity contribution is -0.00529. The molecule has 0 saturated heterocycles. The van der Waals surface area contributed by atoms with Crippen molar-refractivity contribution >= 4 is 38.9 Å². The molecule has 8 fully saturated rings. The Balaban J connectivity index is 0.918. The maximum atomic E-state index is 2.58. The highest BCUT2D eigenvalue weighted by Gasteiger charge is 2.53. The lowest BCUT2D eigenvalue weighted by Crippen LogP contribution is -2.48. The molecule has 8 saturated carbocycles. The standard InChI is InChI=1S/C54H56N2/c1-52(2)48-24-43(16-17-44(48)46-25-47-45-6-4-5-7-50(45)55(3)51(47)26-49(46)52)56(41-12-8-39(9-13-41)53-27-33-18-34(28-53)20-35(19-33)29-53)42-14-10-40(11-15-42)54-30-36-21-37(31-54)23-38(22-36)32-54/h4-17,24-26,33-38H,18-23,27-32H2,1-3H3. The largest absolute Gasteiger partial charge is 0.344 e. The van der Waals surface area contributed by atoms with Crippen LogP contribution in [0.4, 0.5) is 17.1 Å². The fourth-order valence-electron chi connectivity index (χ4n) is 15.8. The van der Waals surface area contributed by atoms with Gasteiger partial charge in [0.2, 0.25) is 0 Å². The van der Waals surface area contributed by atoms with Crippen LogP contribution in [0.3, 0.4) is 0 Å². The Kier molecular flexibility index (Phi) is 6.56. The molecule has 1 heterocycles. The van der Waals surface area contributed by atoms with E-state index in [1.165, 1.54) is 138 Å². The van der Waals surface area contributed by atoms with E-state index in [9.17, 15) is 0 Å². The Labute approximate surface area is 333 Å². The van der Waals surface area contributed by atoms with Crippen LogP contribution < -0.4 is 4.90 Å². The van der Waals surface area contributed by atoms with Gasteiger partial charge in [-0.2, -0.15) is 0 Å². The summed E-state index contributed by atoms with van der Waals surface area (Å²) >= 11 is 0. The van der Waals surface area contributed by atoms with Gasteiger partial charge in [0, 0.05) is 51.3 Å². The zero-order valence-corrected chi connectivity index (χ0v) is 33.7. The Morgan fingerprint density at radius 2 is 0.929 bits per heavy atom. The first kappa shape index (κ1) is 32.8. The normalized spacial score (nSPS) is 32.7. The fourth-order valence-corrected chi connectivity index (χ4v) is 15.8. The van der Waals surface area contributed by atoms with E-state index in [2.05, 4.69) is 133 Å². The van der Waals surface area contributed by atoms with Crippen LogP contribution in [0, 0.1) is 35.5 Å². The molecule has 1 aromatic heterocycles. The number of aryl methyl sites for hydroxylation is 1. The van der Waals surface area contributed by atoms with Crippen molar-refractivity contribution in [2.24, 2.45) is 42.6 Å². The molecule has 8 bridgehead atoms. The van der Waals surface area contributed by atoms with Gasteiger partial charge >= 0.3 is 0 Å². The van der Waals surface area contributed by atoms with Crippen molar-refractivity contribution in [1.29, 1.82) is 0 Å². The highest BCUT2D eigenvalue weighted by Crippen LogP contribution is 2.62. The average Bonchev–Trinajstić information content (AvgIpc) is 3.59. The van der Waals surface area contributed by atoms with Gasteiger partial charge in [-0.05, 0) is 211 Å². The van der Waals surface area contributed by atoms with Gasteiger partial charge in [0.1, 0.15) is 0 Å². The summed E-state index contributed by atoms with van der Waals surface area (Å²) in [5, 5.41) is 2.70. The molecular weight excluding hydrogens is 677 g/mol. The zero-order chi connectivity index (χ0) is 37.1. The van der Waals surface area contributed by atoms with E-state index in [1.807, 2.05) is 0 Å². The smallest absolute Gasteiger partial charge is 0.0492 e. The fraction of sp³-hybridized carbons (Fsp3) is 0.444. The van der Waals surface area contributed by atoms with Gasteiger partial charge in [-0.25, -0.2) is 0 Å². The van der Waals surface area contributed by atoms with Gasteiger partial charge in [-0.3, -0.25) is 0 Å². The van der Waals surface area contributed by atoms with Gasteiger partial charge in [-0.1, -0.05) is 62.4 Å². The monoisotopic (exact) mass is 732 g/mol. The van der Waals surface area contributed by atoms with Crippen LogP contribution in [0.5, 0.6) is 0 Å². The van der Waals surface area contributed by atoms with Crippen LogP contribution in [0.15, 0.2) is 103 Å². The first-order valence-corrected chi connectivity index (χ1v) is 22.4. The first-order chi connectivity index (χ1) is 27.2. The third-order valence-electron chi connectivity index (χ3n) is 17.5. The molecule has 9 aliphatic rings. The van der Waals surface area contributed by atoms with Gasteiger partial charge < -0.3 is 9.47 Å². The van der Waals surface area contributed by atoms with Crippen LogP contribution in [0.2, 0.25) is 0 Å². The van der Waals surface area contributed by atoms with Gasteiger partial charge in [0.05, 0.1) is 0 Å². The summed E-state index contributed by atoms with van der Waals surface area (Å²) in [6.07, 6.45) is 17.5. The lowest BCUT2D eigenvalue weighted by Gasteiger charge is -2.57. The van der Waals surface area contributed by atoms with Crippen molar-refractivity contribution in [2.75, 3.05) is 4.90 Å². The predicted molar refractivity (Wildman–Crippen MR) is 232 cm³/mol. The molecular formula is C54H56N2. The van der Waals surface area contributed by atoms with Gasteiger partial charge in [-0.15, -0.1) is 0 Å². The Morgan fingerprint density at radius 1 is 0.464 bits per heavy atom. The first-order valence-electron chi connectivity index (χ1n) is 22.4. The van der Waals surface area contributed by atoms with Crippen LogP contribution in [0.1, 0.15) is 113 Å². The molecule has 0 aliphatic heterocycles. The maximum Gasteiger partial charge on any atom is 0.0492 e. The summed E-state index contributed by atoms with van der Waals surface area (Å²) in [5.41, 5.74) is 16.1. The third-order valence-corrected chi connectivity index (χ3v) is 17.5. The summed E-state index contributed by atoms with van der Waals surface area (Å²) in [6.45, 7) is 4.89. The predicted octanol–water partition coefficient (Wildman–Crippen LogP) is 14.0. The number of nitrogens with zero attached hydrogens (tertiary/aromatic N) is 2. The van der Waals surface area contributed by atoms with Gasteiger partial charge in [0.25, 0.3) is 0 Å². The molecule has 0 amide bonds. The molecule has 0 atom stereocenters. The van der Waals surface area contributed by atoms with E-state index in [-0.39, 0.29) is 5.41 Å². The lowest BCUT2D eigenvalue weighted by atomic mass is 9.48. The van der Waals surface area contributed by atoms with Crippen molar-refractivity contribution in [3.05, 3.63) is 125 Å². The molecule has 15 rings (SSSR count). The number of hydrogen-bond donors (Lipinski definition) is 0. The number of para-hydroxylation sites is 1. The SMILES string of the molecule is Cn1c2ccccc2c2cc3c(cc21)C(C)(C)c1cc(N(c2ccc(C45CC6CC(CC(C6)C4)C5)cc2)c2ccc(C45CC6CC(CC(C6)C4)C5)cc2)ccc1-3. The van der Waals surface area contributed by atoms with Crippen molar-refractivity contribution in [2.45, 2.75) is 107 Å². The Bertz CT molecular complexity index is 2420. The number of anilines is 3. The second kappa shape index (κ2) is 11.2.